The number of hydrogen-bond acceptors (Lipinski definition) is 2. The van der Waals surface area contributed by atoms with Crippen molar-refractivity contribution in [2.45, 2.75) is 64.4 Å². The molecule has 2 atom stereocenters. The predicted octanol–water partition coefficient (Wildman–Crippen LogP) is 3.38. The van der Waals surface area contributed by atoms with Gasteiger partial charge in [0.15, 0.2) is 0 Å². The van der Waals surface area contributed by atoms with Crippen LogP contribution in [0.25, 0.3) is 0 Å². The molecule has 96 valence electrons. The summed E-state index contributed by atoms with van der Waals surface area (Å²) in [5.41, 5.74) is 0. The van der Waals surface area contributed by atoms with Crippen LogP contribution in [0.5, 0.6) is 0 Å². The van der Waals surface area contributed by atoms with Crippen molar-refractivity contribution < 1.29 is 9.84 Å². The van der Waals surface area contributed by atoms with Gasteiger partial charge in [0, 0.05) is 13.7 Å². The number of aliphatic hydroxyl groups is 1. The molecule has 1 saturated carbocycles. The number of rotatable bonds is 7. The normalized spacial score (nSPS) is 21.9. The highest BCUT2D eigenvalue weighted by Gasteiger charge is 2.18. The number of methoxy groups -OCH3 is 1. The van der Waals surface area contributed by atoms with Crippen molar-refractivity contribution in [3.05, 3.63) is 0 Å². The van der Waals surface area contributed by atoms with Crippen LogP contribution in [-0.4, -0.2) is 24.9 Å². The van der Waals surface area contributed by atoms with E-state index in [1.807, 2.05) is 0 Å². The van der Waals surface area contributed by atoms with Gasteiger partial charge in [0.1, 0.15) is 0 Å². The molecule has 0 aliphatic heterocycles. The average Bonchev–Trinajstić information content (AvgIpc) is 2.34. The second-order valence-corrected chi connectivity index (χ2v) is 5.41. The second-order valence-electron chi connectivity index (χ2n) is 5.41. The maximum Gasteiger partial charge on any atom is 0.0566 e. The fourth-order valence-electron chi connectivity index (χ4n) is 2.66. The Kier molecular flexibility index (Phi) is 7.06. The monoisotopic (exact) mass is 228 g/mol. The van der Waals surface area contributed by atoms with Crippen LogP contribution in [0, 0.1) is 11.8 Å². The highest BCUT2D eigenvalue weighted by Crippen LogP contribution is 2.28. The molecule has 1 aliphatic rings. The molecule has 1 aliphatic carbocycles. The number of ether oxygens (including phenoxy) is 1. The lowest BCUT2D eigenvalue weighted by molar-refractivity contribution is 0.0747. The largest absolute Gasteiger partial charge is 0.393 e. The van der Waals surface area contributed by atoms with E-state index in [9.17, 15) is 5.11 Å². The van der Waals surface area contributed by atoms with E-state index in [1.54, 1.807) is 7.11 Å². The maximum absolute atomic E-state index is 10.0. The fraction of sp³-hybridized carbons (Fsp3) is 1.00. The van der Waals surface area contributed by atoms with Gasteiger partial charge in [-0.3, -0.25) is 0 Å². The topological polar surface area (TPSA) is 29.5 Å². The molecular formula is C14H28O2. The number of aliphatic hydroxyl groups excluding tert-OH is 1. The molecule has 2 heteroatoms. The van der Waals surface area contributed by atoms with Crippen molar-refractivity contribution >= 4 is 0 Å². The Morgan fingerprint density at radius 2 is 1.88 bits per heavy atom. The minimum absolute atomic E-state index is 0.128. The van der Waals surface area contributed by atoms with Gasteiger partial charge in [0.2, 0.25) is 0 Å². The molecule has 0 amide bonds. The van der Waals surface area contributed by atoms with Crippen LogP contribution < -0.4 is 0 Å². The smallest absolute Gasteiger partial charge is 0.0566 e. The first-order valence-corrected chi connectivity index (χ1v) is 6.91. The summed E-state index contributed by atoms with van der Waals surface area (Å²) in [5, 5.41) is 10.0. The molecule has 2 nitrogen and oxygen atoms in total. The van der Waals surface area contributed by atoms with Crippen molar-refractivity contribution in [3.63, 3.8) is 0 Å². The molecule has 0 bridgehead atoms. The van der Waals surface area contributed by atoms with Gasteiger partial charge >= 0.3 is 0 Å². The lowest BCUT2D eigenvalue weighted by Crippen LogP contribution is -2.20. The number of hydrogen-bond donors (Lipinski definition) is 1. The van der Waals surface area contributed by atoms with Gasteiger partial charge in [0.25, 0.3) is 0 Å². The van der Waals surface area contributed by atoms with E-state index in [0.29, 0.717) is 5.92 Å². The zero-order valence-electron chi connectivity index (χ0n) is 11.0. The molecule has 0 aromatic carbocycles. The first-order chi connectivity index (χ1) is 7.74. The lowest BCUT2D eigenvalue weighted by Gasteiger charge is -2.24. The van der Waals surface area contributed by atoms with Gasteiger partial charge in [-0.15, -0.1) is 0 Å². The van der Waals surface area contributed by atoms with Gasteiger partial charge in [-0.2, -0.15) is 0 Å². The molecule has 0 aromatic rings. The molecule has 0 saturated heterocycles. The molecule has 1 rings (SSSR count). The average molecular weight is 228 g/mol. The van der Waals surface area contributed by atoms with E-state index >= 15 is 0 Å². The molecule has 1 N–H and O–H groups in total. The predicted molar refractivity (Wildman–Crippen MR) is 67.5 cm³/mol. The zero-order valence-corrected chi connectivity index (χ0v) is 11.0. The Labute approximate surface area is 100 Å². The van der Waals surface area contributed by atoms with Crippen LogP contribution in [0.2, 0.25) is 0 Å². The van der Waals surface area contributed by atoms with Crippen molar-refractivity contribution in [2.24, 2.45) is 11.8 Å². The summed E-state index contributed by atoms with van der Waals surface area (Å²) in [7, 11) is 1.72. The van der Waals surface area contributed by atoms with Gasteiger partial charge in [-0.05, 0) is 31.1 Å². The van der Waals surface area contributed by atoms with Crippen LogP contribution in [0.4, 0.5) is 0 Å². The summed E-state index contributed by atoms with van der Waals surface area (Å²) in [6.45, 7) is 2.90. The highest BCUT2D eigenvalue weighted by atomic mass is 16.5. The zero-order chi connectivity index (χ0) is 11.8. The van der Waals surface area contributed by atoms with E-state index in [1.165, 1.54) is 38.5 Å². The molecule has 1 fully saturated rings. The third kappa shape index (κ3) is 5.31. The molecule has 0 spiro atoms. The van der Waals surface area contributed by atoms with Crippen molar-refractivity contribution in [1.82, 2.24) is 0 Å². The minimum Gasteiger partial charge on any atom is -0.393 e. The van der Waals surface area contributed by atoms with E-state index < -0.39 is 0 Å². The second kappa shape index (κ2) is 8.08. The Hall–Kier alpha value is -0.0800. The van der Waals surface area contributed by atoms with E-state index in [-0.39, 0.29) is 6.10 Å². The molecule has 2 unspecified atom stereocenters. The Morgan fingerprint density at radius 1 is 1.19 bits per heavy atom. The van der Waals surface area contributed by atoms with Gasteiger partial charge in [-0.1, -0.05) is 39.0 Å². The van der Waals surface area contributed by atoms with Gasteiger partial charge in [0.05, 0.1) is 6.10 Å². The first kappa shape index (κ1) is 14.0. The highest BCUT2D eigenvalue weighted by molar-refractivity contribution is 4.70. The Balaban J connectivity index is 2.10. The van der Waals surface area contributed by atoms with E-state index in [0.717, 1.165) is 25.4 Å². The van der Waals surface area contributed by atoms with Gasteiger partial charge < -0.3 is 9.84 Å². The molecule has 0 radical (unpaired) electrons. The third-order valence-corrected chi connectivity index (χ3v) is 4.03. The van der Waals surface area contributed by atoms with Crippen LogP contribution in [0.3, 0.4) is 0 Å². The SMILES string of the molecule is COCCC(C)C(O)CCC1CCCCC1. The van der Waals surface area contributed by atoms with Crippen LogP contribution in [-0.2, 0) is 4.74 Å². The first-order valence-electron chi connectivity index (χ1n) is 6.91. The van der Waals surface area contributed by atoms with Crippen LogP contribution in [0.1, 0.15) is 58.3 Å². The summed E-state index contributed by atoms with van der Waals surface area (Å²) in [6.07, 6.45) is 10.1. The summed E-state index contributed by atoms with van der Waals surface area (Å²) in [4.78, 5) is 0. The van der Waals surface area contributed by atoms with Crippen LogP contribution in [0.15, 0.2) is 0 Å². The van der Waals surface area contributed by atoms with Crippen molar-refractivity contribution in [2.75, 3.05) is 13.7 Å². The Bertz CT molecular complexity index is 164. The van der Waals surface area contributed by atoms with Crippen molar-refractivity contribution in [3.8, 4) is 0 Å². The Morgan fingerprint density at radius 3 is 2.50 bits per heavy atom. The standard InChI is InChI=1S/C14H28O2/c1-12(10-11-16-2)14(15)9-8-13-6-4-3-5-7-13/h12-15H,3-11H2,1-2H3. The van der Waals surface area contributed by atoms with Crippen molar-refractivity contribution in [1.29, 1.82) is 0 Å². The molecule has 16 heavy (non-hydrogen) atoms. The quantitative estimate of drug-likeness (QED) is 0.724. The fourth-order valence-corrected chi connectivity index (χ4v) is 2.66. The molecular weight excluding hydrogens is 200 g/mol. The van der Waals surface area contributed by atoms with E-state index in [2.05, 4.69) is 6.92 Å². The van der Waals surface area contributed by atoms with Gasteiger partial charge in [-0.25, -0.2) is 0 Å². The van der Waals surface area contributed by atoms with Crippen LogP contribution >= 0.6 is 0 Å². The summed E-state index contributed by atoms with van der Waals surface area (Å²) >= 11 is 0. The molecule has 0 heterocycles. The maximum atomic E-state index is 10.0. The molecule has 0 aromatic heterocycles. The lowest BCUT2D eigenvalue weighted by atomic mass is 9.84. The van der Waals surface area contributed by atoms with E-state index in [4.69, 9.17) is 4.74 Å². The minimum atomic E-state index is -0.128. The summed E-state index contributed by atoms with van der Waals surface area (Å²) in [6, 6.07) is 0. The third-order valence-electron chi connectivity index (χ3n) is 4.03. The summed E-state index contributed by atoms with van der Waals surface area (Å²) < 4.78 is 5.05. The summed E-state index contributed by atoms with van der Waals surface area (Å²) in [5.74, 6) is 1.27.